The first-order chi connectivity index (χ1) is 9.08. The largest absolute Gasteiger partial charge is 0.324 e. The second-order valence-electron chi connectivity index (χ2n) is 4.78. The lowest BCUT2D eigenvalue weighted by Crippen LogP contribution is -2.10. The van der Waals surface area contributed by atoms with E-state index in [0.29, 0.717) is 6.42 Å². The molecule has 0 bridgehead atoms. The number of nitrogens with two attached hydrogens (primary N) is 1. The Morgan fingerprint density at radius 2 is 1.89 bits per heavy atom. The summed E-state index contributed by atoms with van der Waals surface area (Å²) in [5.41, 5.74) is 9.98. The summed E-state index contributed by atoms with van der Waals surface area (Å²) in [5.74, 6) is -0.241. The first kappa shape index (κ1) is 13.5. The molecule has 0 saturated carbocycles. The molecule has 0 amide bonds. The molecule has 2 N–H and O–H groups in total. The van der Waals surface area contributed by atoms with E-state index in [-0.39, 0.29) is 11.9 Å². The molecule has 98 valence electrons. The molecule has 0 saturated heterocycles. The number of aryl methyl sites for hydroxylation is 1. The molecular formula is C17H18FN. The molecule has 19 heavy (non-hydrogen) atoms. The summed E-state index contributed by atoms with van der Waals surface area (Å²) in [6, 6.07) is 14.5. The van der Waals surface area contributed by atoms with E-state index in [2.05, 4.69) is 6.58 Å². The maximum atomic E-state index is 13.3. The molecule has 2 rings (SSSR count). The van der Waals surface area contributed by atoms with Crippen LogP contribution in [0.25, 0.3) is 5.57 Å². The SMILES string of the molecule is C=C(CC(N)c1ccccc1)c1cc(F)ccc1C. The van der Waals surface area contributed by atoms with Crippen LogP contribution in [-0.4, -0.2) is 0 Å². The summed E-state index contributed by atoms with van der Waals surface area (Å²) >= 11 is 0. The molecule has 2 aromatic carbocycles. The summed E-state index contributed by atoms with van der Waals surface area (Å²) in [6.45, 7) is 6.00. The fourth-order valence-corrected chi connectivity index (χ4v) is 2.17. The van der Waals surface area contributed by atoms with Crippen LogP contribution < -0.4 is 5.73 Å². The van der Waals surface area contributed by atoms with Gasteiger partial charge in [0.1, 0.15) is 5.82 Å². The van der Waals surface area contributed by atoms with Gasteiger partial charge in [-0.25, -0.2) is 4.39 Å². The van der Waals surface area contributed by atoms with Crippen molar-refractivity contribution in [3.63, 3.8) is 0 Å². The van der Waals surface area contributed by atoms with Crippen LogP contribution in [0.5, 0.6) is 0 Å². The first-order valence-electron chi connectivity index (χ1n) is 6.33. The first-order valence-corrected chi connectivity index (χ1v) is 6.33. The molecule has 0 aliphatic heterocycles. The number of hydrogen-bond acceptors (Lipinski definition) is 1. The topological polar surface area (TPSA) is 26.0 Å². The molecule has 0 fully saturated rings. The van der Waals surface area contributed by atoms with E-state index in [1.165, 1.54) is 12.1 Å². The van der Waals surface area contributed by atoms with Crippen LogP contribution in [0.3, 0.4) is 0 Å². The Bertz CT molecular complexity index is 575. The van der Waals surface area contributed by atoms with Gasteiger partial charge in [-0.05, 0) is 47.7 Å². The van der Waals surface area contributed by atoms with E-state index < -0.39 is 0 Å². The lowest BCUT2D eigenvalue weighted by molar-refractivity contribution is 0.626. The van der Waals surface area contributed by atoms with E-state index >= 15 is 0 Å². The molecule has 0 radical (unpaired) electrons. The third-order valence-corrected chi connectivity index (χ3v) is 3.27. The van der Waals surface area contributed by atoms with Crippen LogP contribution in [0.15, 0.2) is 55.1 Å². The molecule has 0 aliphatic carbocycles. The fourth-order valence-electron chi connectivity index (χ4n) is 2.17. The van der Waals surface area contributed by atoms with Gasteiger partial charge in [0.25, 0.3) is 0 Å². The Morgan fingerprint density at radius 3 is 2.58 bits per heavy atom. The van der Waals surface area contributed by atoms with Crippen LogP contribution in [-0.2, 0) is 0 Å². The van der Waals surface area contributed by atoms with Gasteiger partial charge in [0.15, 0.2) is 0 Å². The lowest BCUT2D eigenvalue weighted by Gasteiger charge is -2.15. The zero-order valence-electron chi connectivity index (χ0n) is 11.1. The molecule has 2 aromatic rings. The highest BCUT2D eigenvalue weighted by Gasteiger charge is 2.11. The van der Waals surface area contributed by atoms with Crippen LogP contribution >= 0.6 is 0 Å². The number of rotatable bonds is 4. The van der Waals surface area contributed by atoms with Crippen molar-refractivity contribution in [2.75, 3.05) is 0 Å². The average molecular weight is 255 g/mol. The van der Waals surface area contributed by atoms with E-state index in [4.69, 9.17) is 5.73 Å². The highest BCUT2D eigenvalue weighted by Crippen LogP contribution is 2.27. The highest BCUT2D eigenvalue weighted by molar-refractivity contribution is 5.66. The van der Waals surface area contributed by atoms with Crippen molar-refractivity contribution >= 4 is 5.57 Å². The Hall–Kier alpha value is -1.93. The van der Waals surface area contributed by atoms with Crippen LogP contribution in [0.1, 0.15) is 29.2 Å². The Kier molecular flexibility index (Phi) is 4.13. The van der Waals surface area contributed by atoms with Crippen molar-refractivity contribution in [2.45, 2.75) is 19.4 Å². The van der Waals surface area contributed by atoms with E-state index in [0.717, 1.165) is 22.3 Å². The van der Waals surface area contributed by atoms with Crippen molar-refractivity contribution in [1.29, 1.82) is 0 Å². The monoisotopic (exact) mass is 255 g/mol. The molecule has 1 nitrogen and oxygen atoms in total. The second kappa shape index (κ2) is 5.81. The van der Waals surface area contributed by atoms with Gasteiger partial charge in [-0.1, -0.05) is 43.0 Å². The second-order valence-corrected chi connectivity index (χ2v) is 4.78. The maximum absolute atomic E-state index is 13.3. The Labute approximate surface area is 113 Å². The third kappa shape index (κ3) is 3.30. The smallest absolute Gasteiger partial charge is 0.123 e. The molecular weight excluding hydrogens is 237 g/mol. The van der Waals surface area contributed by atoms with Crippen molar-refractivity contribution in [3.8, 4) is 0 Å². The van der Waals surface area contributed by atoms with E-state index in [1.54, 1.807) is 6.07 Å². The van der Waals surface area contributed by atoms with E-state index in [9.17, 15) is 4.39 Å². The fraction of sp³-hybridized carbons (Fsp3) is 0.176. The van der Waals surface area contributed by atoms with Crippen molar-refractivity contribution in [2.24, 2.45) is 5.73 Å². The van der Waals surface area contributed by atoms with Gasteiger partial charge in [0, 0.05) is 6.04 Å². The van der Waals surface area contributed by atoms with Gasteiger partial charge in [0.2, 0.25) is 0 Å². The Morgan fingerprint density at radius 1 is 1.21 bits per heavy atom. The summed E-state index contributed by atoms with van der Waals surface area (Å²) in [6.07, 6.45) is 0.619. The zero-order valence-corrected chi connectivity index (χ0v) is 11.1. The quantitative estimate of drug-likeness (QED) is 0.869. The van der Waals surface area contributed by atoms with Gasteiger partial charge in [-0.2, -0.15) is 0 Å². The van der Waals surface area contributed by atoms with Gasteiger partial charge < -0.3 is 5.73 Å². The lowest BCUT2D eigenvalue weighted by atomic mass is 9.93. The molecule has 1 unspecified atom stereocenters. The minimum atomic E-state index is -0.241. The molecule has 2 heteroatoms. The number of halogens is 1. The van der Waals surface area contributed by atoms with Crippen LogP contribution in [0.4, 0.5) is 4.39 Å². The predicted molar refractivity (Wildman–Crippen MR) is 78.2 cm³/mol. The predicted octanol–water partition coefficient (Wildman–Crippen LogP) is 4.24. The minimum absolute atomic E-state index is 0.114. The zero-order chi connectivity index (χ0) is 13.8. The number of benzene rings is 2. The van der Waals surface area contributed by atoms with Crippen molar-refractivity contribution < 1.29 is 4.39 Å². The highest BCUT2D eigenvalue weighted by atomic mass is 19.1. The minimum Gasteiger partial charge on any atom is -0.324 e. The Balaban J connectivity index is 2.15. The van der Waals surface area contributed by atoms with Crippen LogP contribution in [0, 0.1) is 12.7 Å². The van der Waals surface area contributed by atoms with Crippen molar-refractivity contribution in [1.82, 2.24) is 0 Å². The third-order valence-electron chi connectivity index (χ3n) is 3.27. The molecule has 0 aromatic heterocycles. The maximum Gasteiger partial charge on any atom is 0.123 e. The standard InChI is InChI=1S/C17H18FN/c1-12-8-9-15(18)11-16(12)13(2)10-17(19)14-6-4-3-5-7-14/h3-9,11,17H,2,10,19H2,1H3. The molecule has 0 aliphatic rings. The summed E-state index contributed by atoms with van der Waals surface area (Å²) in [5, 5.41) is 0. The van der Waals surface area contributed by atoms with Gasteiger partial charge in [0.05, 0.1) is 0 Å². The van der Waals surface area contributed by atoms with Gasteiger partial charge >= 0.3 is 0 Å². The summed E-state index contributed by atoms with van der Waals surface area (Å²) in [4.78, 5) is 0. The van der Waals surface area contributed by atoms with Crippen molar-refractivity contribution in [3.05, 3.63) is 77.6 Å². The summed E-state index contributed by atoms with van der Waals surface area (Å²) < 4.78 is 13.3. The van der Waals surface area contributed by atoms with Gasteiger partial charge in [-0.3, -0.25) is 0 Å². The van der Waals surface area contributed by atoms with E-state index in [1.807, 2.05) is 37.3 Å². The molecule has 0 spiro atoms. The average Bonchev–Trinajstić information content (AvgIpc) is 2.42. The summed E-state index contributed by atoms with van der Waals surface area (Å²) in [7, 11) is 0. The van der Waals surface area contributed by atoms with Crippen LogP contribution in [0.2, 0.25) is 0 Å². The number of hydrogen-bond donors (Lipinski definition) is 1. The molecule has 0 heterocycles. The van der Waals surface area contributed by atoms with Gasteiger partial charge in [-0.15, -0.1) is 0 Å². The molecule has 1 atom stereocenters. The normalized spacial score (nSPS) is 12.2.